The van der Waals surface area contributed by atoms with E-state index < -0.39 is 0 Å². The first-order valence-electron chi connectivity index (χ1n) is 3.74. The maximum absolute atomic E-state index is 5.29. The van der Waals surface area contributed by atoms with Crippen molar-refractivity contribution in [2.75, 3.05) is 0 Å². The predicted molar refractivity (Wildman–Crippen MR) is 50.2 cm³/mol. The van der Waals surface area contributed by atoms with Gasteiger partial charge in [-0.15, -0.1) is 10.2 Å². The Morgan fingerprint density at radius 2 is 2.00 bits per heavy atom. The van der Waals surface area contributed by atoms with Crippen LogP contribution in [0.3, 0.4) is 0 Å². The van der Waals surface area contributed by atoms with Crippen LogP contribution in [0, 0.1) is 0 Å². The number of thiol groups is 1. The summed E-state index contributed by atoms with van der Waals surface area (Å²) in [7, 11) is 0. The fourth-order valence-corrected chi connectivity index (χ4v) is 1.06. The average molecular weight is 193 g/mol. The summed E-state index contributed by atoms with van der Waals surface area (Å²) in [5.41, 5.74) is 0.871. The number of pyridine rings is 1. The summed E-state index contributed by atoms with van der Waals surface area (Å²) in [6.45, 7) is 0. The first kappa shape index (κ1) is 8.25. The zero-order valence-electron chi connectivity index (χ0n) is 6.71. The molecule has 0 aliphatic rings. The molecule has 2 aromatic heterocycles. The third-order valence-corrected chi connectivity index (χ3v) is 1.80. The Labute approximate surface area is 80.4 Å². The highest BCUT2D eigenvalue weighted by Gasteiger charge is 2.05. The molecule has 0 radical (unpaired) electrons. The van der Waals surface area contributed by atoms with Crippen molar-refractivity contribution in [3.63, 3.8) is 0 Å². The average Bonchev–Trinajstić information content (AvgIpc) is 2.67. The molecule has 0 unspecified atom stereocenters. The SMILES string of the molecule is SCc1nnc(-c2ccncc2)o1. The first-order chi connectivity index (χ1) is 6.40. The zero-order valence-corrected chi connectivity index (χ0v) is 7.61. The van der Waals surface area contributed by atoms with Crippen LogP contribution >= 0.6 is 12.6 Å². The largest absolute Gasteiger partial charge is 0.420 e. The lowest BCUT2D eigenvalue weighted by Crippen LogP contribution is -1.77. The summed E-state index contributed by atoms with van der Waals surface area (Å²) in [6.07, 6.45) is 3.36. The third-order valence-electron chi connectivity index (χ3n) is 1.53. The topological polar surface area (TPSA) is 51.8 Å². The highest BCUT2D eigenvalue weighted by Crippen LogP contribution is 2.16. The minimum absolute atomic E-state index is 0.456. The smallest absolute Gasteiger partial charge is 0.247 e. The summed E-state index contributed by atoms with van der Waals surface area (Å²) in [5.74, 6) is 1.49. The molecule has 66 valence electrons. The van der Waals surface area contributed by atoms with Crippen molar-refractivity contribution in [2.45, 2.75) is 5.75 Å². The second-order valence-electron chi connectivity index (χ2n) is 2.39. The van der Waals surface area contributed by atoms with E-state index in [1.54, 1.807) is 12.4 Å². The Morgan fingerprint density at radius 3 is 2.62 bits per heavy atom. The molecule has 0 aliphatic carbocycles. The van der Waals surface area contributed by atoms with Crippen molar-refractivity contribution >= 4 is 12.6 Å². The van der Waals surface area contributed by atoms with Gasteiger partial charge >= 0.3 is 0 Å². The van der Waals surface area contributed by atoms with Gasteiger partial charge in [0.1, 0.15) is 0 Å². The van der Waals surface area contributed by atoms with E-state index in [4.69, 9.17) is 4.42 Å². The Morgan fingerprint density at radius 1 is 1.23 bits per heavy atom. The summed E-state index contributed by atoms with van der Waals surface area (Å²) in [5, 5.41) is 7.66. The van der Waals surface area contributed by atoms with Crippen LogP contribution in [0.5, 0.6) is 0 Å². The van der Waals surface area contributed by atoms with Crippen LogP contribution in [0.15, 0.2) is 28.9 Å². The van der Waals surface area contributed by atoms with Gasteiger partial charge in [0.15, 0.2) is 0 Å². The molecule has 0 saturated carbocycles. The molecule has 2 rings (SSSR count). The van der Waals surface area contributed by atoms with E-state index in [-0.39, 0.29) is 0 Å². The Kier molecular flexibility index (Phi) is 2.27. The lowest BCUT2D eigenvalue weighted by molar-refractivity contribution is 0.529. The molecule has 0 spiro atoms. The number of hydrogen-bond acceptors (Lipinski definition) is 5. The second-order valence-corrected chi connectivity index (χ2v) is 2.71. The number of aromatic nitrogens is 3. The molecule has 0 saturated heterocycles. The van der Waals surface area contributed by atoms with Gasteiger partial charge in [-0.2, -0.15) is 12.6 Å². The standard InChI is InChI=1S/C8H7N3OS/c13-5-7-10-11-8(12-7)6-1-3-9-4-2-6/h1-4,13H,5H2. The van der Waals surface area contributed by atoms with Gasteiger partial charge in [0.25, 0.3) is 0 Å². The molecule has 13 heavy (non-hydrogen) atoms. The molecule has 0 fully saturated rings. The summed E-state index contributed by atoms with van der Waals surface area (Å²) < 4.78 is 5.29. The Hall–Kier alpha value is -1.36. The molecule has 2 heterocycles. The van der Waals surface area contributed by atoms with Gasteiger partial charge in [-0.1, -0.05) is 0 Å². The van der Waals surface area contributed by atoms with Crippen LogP contribution in [-0.2, 0) is 5.75 Å². The molecule has 0 amide bonds. The number of nitrogens with zero attached hydrogens (tertiary/aromatic N) is 3. The van der Waals surface area contributed by atoms with E-state index in [0.717, 1.165) is 5.56 Å². The van der Waals surface area contributed by atoms with Crippen molar-refractivity contribution in [1.29, 1.82) is 0 Å². The normalized spacial score (nSPS) is 10.2. The van der Waals surface area contributed by atoms with Crippen molar-refractivity contribution < 1.29 is 4.42 Å². The molecule has 5 heteroatoms. The fourth-order valence-electron chi connectivity index (χ4n) is 0.929. The zero-order chi connectivity index (χ0) is 9.10. The molecular formula is C8H7N3OS. The molecule has 0 aromatic carbocycles. The van der Waals surface area contributed by atoms with Gasteiger partial charge in [-0.05, 0) is 12.1 Å². The van der Waals surface area contributed by atoms with Gasteiger partial charge in [0.05, 0.1) is 5.75 Å². The molecule has 0 bridgehead atoms. The van der Waals surface area contributed by atoms with E-state index in [9.17, 15) is 0 Å². The van der Waals surface area contributed by atoms with E-state index in [2.05, 4.69) is 27.8 Å². The number of hydrogen-bond donors (Lipinski definition) is 1. The highest BCUT2D eigenvalue weighted by atomic mass is 32.1. The molecule has 0 aliphatic heterocycles. The van der Waals surface area contributed by atoms with Crippen LogP contribution in [0.2, 0.25) is 0 Å². The molecule has 2 aromatic rings. The van der Waals surface area contributed by atoms with Gasteiger partial charge in [-0.25, -0.2) is 0 Å². The van der Waals surface area contributed by atoms with Gasteiger partial charge in [-0.3, -0.25) is 4.98 Å². The maximum Gasteiger partial charge on any atom is 0.247 e. The van der Waals surface area contributed by atoms with Crippen LogP contribution in [0.25, 0.3) is 11.5 Å². The van der Waals surface area contributed by atoms with E-state index in [0.29, 0.717) is 17.5 Å². The minimum atomic E-state index is 0.456. The van der Waals surface area contributed by atoms with Crippen molar-refractivity contribution in [2.24, 2.45) is 0 Å². The van der Waals surface area contributed by atoms with E-state index >= 15 is 0 Å². The molecule has 0 atom stereocenters. The van der Waals surface area contributed by atoms with Crippen LogP contribution in [0.4, 0.5) is 0 Å². The van der Waals surface area contributed by atoms with E-state index in [1.165, 1.54) is 0 Å². The van der Waals surface area contributed by atoms with Crippen molar-refractivity contribution in [3.8, 4) is 11.5 Å². The second kappa shape index (κ2) is 3.57. The van der Waals surface area contributed by atoms with Gasteiger partial charge in [0, 0.05) is 18.0 Å². The predicted octanol–water partition coefficient (Wildman–Crippen LogP) is 1.56. The van der Waals surface area contributed by atoms with Crippen LogP contribution < -0.4 is 0 Å². The first-order valence-corrected chi connectivity index (χ1v) is 4.37. The van der Waals surface area contributed by atoms with Crippen molar-refractivity contribution in [3.05, 3.63) is 30.4 Å². The summed E-state index contributed by atoms with van der Waals surface area (Å²) in [6, 6.07) is 3.63. The lowest BCUT2D eigenvalue weighted by atomic mass is 10.3. The fraction of sp³-hybridized carbons (Fsp3) is 0.125. The quantitative estimate of drug-likeness (QED) is 0.735. The lowest BCUT2D eigenvalue weighted by Gasteiger charge is -1.90. The molecule has 0 N–H and O–H groups in total. The third kappa shape index (κ3) is 1.70. The van der Waals surface area contributed by atoms with Crippen molar-refractivity contribution in [1.82, 2.24) is 15.2 Å². The number of rotatable bonds is 2. The van der Waals surface area contributed by atoms with Crippen LogP contribution in [0.1, 0.15) is 5.89 Å². The van der Waals surface area contributed by atoms with Gasteiger partial charge in [0.2, 0.25) is 11.8 Å². The summed E-state index contributed by atoms with van der Waals surface area (Å²) >= 11 is 4.03. The maximum atomic E-state index is 5.29. The molecular weight excluding hydrogens is 186 g/mol. The monoisotopic (exact) mass is 193 g/mol. The highest BCUT2D eigenvalue weighted by molar-refractivity contribution is 7.79. The minimum Gasteiger partial charge on any atom is -0.420 e. The Balaban J connectivity index is 2.36. The Bertz CT molecular complexity index is 387. The van der Waals surface area contributed by atoms with E-state index in [1.807, 2.05) is 12.1 Å². The van der Waals surface area contributed by atoms with Gasteiger partial charge < -0.3 is 4.42 Å². The summed E-state index contributed by atoms with van der Waals surface area (Å²) in [4.78, 5) is 3.89. The molecule has 4 nitrogen and oxygen atoms in total. The van der Waals surface area contributed by atoms with Crippen LogP contribution in [-0.4, -0.2) is 15.2 Å².